The van der Waals surface area contributed by atoms with Crippen LogP contribution in [-0.4, -0.2) is 158 Å². The normalized spacial score (nSPS) is 50.1. The predicted molar refractivity (Wildman–Crippen MR) is 101 cm³/mol. The lowest BCUT2D eigenvalue weighted by Crippen LogP contribution is -2.67. The summed E-state index contributed by atoms with van der Waals surface area (Å²) in [5.74, 6) is -1.60. The van der Waals surface area contributed by atoms with Gasteiger partial charge >= 0.3 is 5.97 Å². The van der Waals surface area contributed by atoms with Gasteiger partial charge in [0, 0.05) is 7.11 Å². The minimum Gasteiger partial charge on any atom is -0.479 e. The van der Waals surface area contributed by atoms with E-state index in [0.29, 0.717) is 0 Å². The van der Waals surface area contributed by atoms with E-state index < -0.39 is 105 Å². The zero-order valence-corrected chi connectivity index (χ0v) is 17.9. The highest BCUT2D eigenvalue weighted by atomic mass is 16.8. The molecule has 0 amide bonds. The number of hydrogen-bond donors (Lipinski definition) is 9. The Morgan fingerprint density at radius 1 is 0.794 bits per heavy atom. The molecule has 16 heteroatoms. The molecule has 16 nitrogen and oxygen atoms in total. The Kier molecular flexibility index (Phi) is 9.15. The Labute approximate surface area is 192 Å². The van der Waals surface area contributed by atoms with Crippen LogP contribution in [0.2, 0.25) is 0 Å². The zero-order valence-electron chi connectivity index (χ0n) is 17.9. The summed E-state index contributed by atoms with van der Waals surface area (Å²) in [6, 6.07) is 0. The Morgan fingerprint density at radius 2 is 1.41 bits per heavy atom. The van der Waals surface area contributed by atoms with E-state index in [9.17, 15) is 50.8 Å². The third-order valence-corrected chi connectivity index (χ3v) is 5.88. The van der Waals surface area contributed by atoms with Gasteiger partial charge in [-0.05, 0) is 0 Å². The van der Waals surface area contributed by atoms with E-state index in [2.05, 4.69) is 0 Å². The molecule has 3 rings (SSSR count). The highest BCUT2D eigenvalue weighted by Crippen LogP contribution is 2.32. The summed E-state index contributed by atoms with van der Waals surface area (Å²) >= 11 is 0. The molecule has 0 aromatic carbocycles. The molecule has 0 aromatic heterocycles. The van der Waals surface area contributed by atoms with Crippen molar-refractivity contribution in [2.24, 2.45) is 0 Å². The maximum atomic E-state index is 11.6. The number of hydrogen-bond acceptors (Lipinski definition) is 15. The average molecular weight is 502 g/mol. The molecule has 0 aromatic rings. The monoisotopic (exact) mass is 502 g/mol. The van der Waals surface area contributed by atoms with Crippen molar-refractivity contribution in [3.63, 3.8) is 0 Å². The van der Waals surface area contributed by atoms with Crippen LogP contribution >= 0.6 is 0 Å². The van der Waals surface area contributed by atoms with E-state index >= 15 is 0 Å². The molecule has 0 spiro atoms. The fourth-order valence-corrected chi connectivity index (χ4v) is 3.91. The van der Waals surface area contributed by atoms with Crippen LogP contribution in [0.25, 0.3) is 0 Å². The summed E-state index contributed by atoms with van der Waals surface area (Å²) in [6.07, 6.45) is -23.8. The highest BCUT2D eigenvalue weighted by molar-refractivity contribution is 5.73. The number of aliphatic hydroxyl groups is 8. The van der Waals surface area contributed by atoms with Crippen molar-refractivity contribution in [3.8, 4) is 0 Å². The molecule has 14 atom stereocenters. The predicted octanol–water partition coefficient (Wildman–Crippen LogP) is -6.19. The van der Waals surface area contributed by atoms with Crippen LogP contribution in [0.15, 0.2) is 0 Å². The van der Waals surface area contributed by atoms with Gasteiger partial charge in [0.2, 0.25) is 0 Å². The summed E-state index contributed by atoms with van der Waals surface area (Å²) < 4.78 is 31.9. The quantitative estimate of drug-likeness (QED) is 0.157. The van der Waals surface area contributed by atoms with Crippen molar-refractivity contribution >= 4 is 5.97 Å². The summed E-state index contributed by atoms with van der Waals surface area (Å²) in [5, 5.41) is 89.4. The van der Waals surface area contributed by atoms with E-state index in [4.69, 9.17) is 28.4 Å². The molecule has 3 heterocycles. The molecule has 0 bridgehead atoms. The number of aliphatic carboxylic acids is 1. The topological polar surface area (TPSA) is 255 Å². The maximum Gasteiger partial charge on any atom is 0.335 e. The minimum atomic E-state index is -1.97. The lowest BCUT2D eigenvalue weighted by molar-refractivity contribution is -0.382. The molecule has 34 heavy (non-hydrogen) atoms. The first-order valence-electron chi connectivity index (χ1n) is 10.4. The van der Waals surface area contributed by atoms with Gasteiger partial charge in [-0.15, -0.1) is 0 Å². The molecule has 3 fully saturated rings. The molecule has 198 valence electrons. The summed E-state index contributed by atoms with van der Waals surface area (Å²) in [6.45, 7) is -1.22. The van der Waals surface area contributed by atoms with Gasteiger partial charge in [-0.1, -0.05) is 0 Å². The third-order valence-electron chi connectivity index (χ3n) is 5.88. The van der Waals surface area contributed by atoms with Gasteiger partial charge in [0.1, 0.15) is 61.0 Å². The van der Waals surface area contributed by atoms with E-state index in [1.54, 1.807) is 0 Å². The van der Waals surface area contributed by atoms with Crippen molar-refractivity contribution in [1.29, 1.82) is 0 Å². The first-order valence-corrected chi connectivity index (χ1v) is 10.4. The van der Waals surface area contributed by atoms with Crippen molar-refractivity contribution in [3.05, 3.63) is 0 Å². The fourth-order valence-electron chi connectivity index (χ4n) is 3.91. The SMILES string of the molecule is CO[C@@H]1OC(C(=O)O)[C@@H](O)[C@@H](O[C@@H]2OC[C@@H](O)[C@@H](O)C2O)C1O[C@@H]1OC(CO)[C@H](O)[C@@H](O)C1O. The third kappa shape index (κ3) is 5.35. The average Bonchev–Trinajstić information content (AvgIpc) is 2.81. The Hall–Kier alpha value is -1.09. The van der Waals surface area contributed by atoms with Crippen molar-refractivity contribution in [2.75, 3.05) is 20.3 Å². The lowest BCUT2D eigenvalue weighted by Gasteiger charge is -2.47. The van der Waals surface area contributed by atoms with E-state index in [1.165, 1.54) is 0 Å². The van der Waals surface area contributed by atoms with Crippen LogP contribution in [0.1, 0.15) is 0 Å². The van der Waals surface area contributed by atoms with Crippen LogP contribution in [0, 0.1) is 0 Å². The molecule has 9 N–H and O–H groups in total. The first kappa shape index (κ1) is 27.5. The van der Waals surface area contributed by atoms with E-state index in [0.717, 1.165) is 7.11 Å². The van der Waals surface area contributed by atoms with Crippen LogP contribution < -0.4 is 0 Å². The van der Waals surface area contributed by atoms with Gasteiger partial charge in [0.05, 0.1) is 13.2 Å². The second-order valence-electron chi connectivity index (χ2n) is 8.14. The standard InChI is InChI=1S/C18H30O16/c1-29-18-14(34-17-10(25)8(23)7(22)5(2-19)31-17)12(11(26)13(33-18)15(27)28)32-16-9(24)6(21)4(20)3-30-16/h4-14,16-26H,2-3H2,1H3,(H,27,28)/t4-,5?,6-,7+,8-,9?,10?,11+,12-,13?,14?,16+,17+,18-/m1/s1. The molecule has 0 aliphatic carbocycles. The van der Waals surface area contributed by atoms with Gasteiger partial charge in [-0.2, -0.15) is 0 Å². The number of carboxylic acids is 1. The Balaban J connectivity index is 1.87. The molecule has 0 saturated carbocycles. The Morgan fingerprint density at radius 3 is 2.00 bits per heavy atom. The lowest BCUT2D eigenvalue weighted by atomic mass is 9.96. The van der Waals surface area contributed by atoms with Gasteiger partial charge in [-0.3, -0.25) is 0 Å². The Bertz CT molecular complexity index is 678. The highest BCUT2D eigenvalue weighted by Gasteiger charge is 2.55. The zero-order chi connectivity index (χ0) is 25.3. The van der Waals surface area contributed by atoms with Crippen molar-refractivity contribution in [2.45, 2.75) is 86.0 Å². The number of aliphatic hydroxyl groups excluding tert-OH is 8. The second-order valence-corrected chi connectivity index (χ2v) is 8.14. The second kappa shape index (κ2) is 11.3. The molecular formula is C18H30O16. The summed E-state index contributed by atoms with van der Waals surface area (Å²) in [4.78, 5) is 11.6. The fraction of sp³-hybridized carbons (Fsp3) is 0.944. The van der Waals surface area contributed by atoms with Gasteiger partial charge < -0.3 is 74.4 Å². The number of ether oxygens (including phenoxy) is 6. The van der Waals surface area contributed by atoms with Crippen LogP contribution in [0.3, 0.4) is 0 Å². The maximum absolute atomic E-state index is 11.6. The first-order chi connectivity index (χ1) is 16.0. The van der Waals surface area contributed by atoms with Crippen molar-refractivity contribution < 1.29 is 79.2 Å². The molecule has 3 aliphatic rings. The van der Waals surface area contributed by atoms with Crippen LogP contribution in [0.4, 0.5) is 0 Å². The molecule has 3 aliphatic heterocycles. The van der Waals surface area contributed by atoms with E-state index in [-0.39, 0.29) is 0 Å². The number of carboxylic acid groups (broad SMARTS) is 1. The smallest absolute Gasteiger partial charge is 0.335 e. The summed E-state index contributed by atoms with van der Waals surface area (Å²) in [5.41, 5.74) is 0. The number of carbonyl (C=O) groups is 1. The van der Waals surface area contributed by atoms with Crippen molar-refractivity contribution in [1.82, 2.24) is 0 Å². The van der Waals surface area contributed by atoms with Gasteiger partial charge in [0.15, 0.2) is 25.0 Å². The molecule has 0 radical (unpaired) electrons. The summed E-state index contributed by atoms with van der Waals surface area (Å²) in [7, 11) is 1.11. The number of rotatable bonds is 7. The largest absolute Gasteiger partial charge is 0.479 e. The molecule has 5 unspecified atom stereocenters. The molecular weight excluding hydrogens is 472 g/mol. The van der Waals surface area contributed by atoms with Crippen LogP contribution in [0.5, 0.6) is 0 Å². The van der Waals surface area contributed by atoms with Gasteiger partial charge in [-0.25, -0.2) is 4.79 Å². The molecule has 3 saturated heterocycles. The van der Waals surface area contributed by atoms with E-state index in [1.807, 2.05) is 0 Å². The van der Waals surface area contributed by atoms with Crippen LogP contribution in [-0.2, 0) is 33.2 Å². The minimum absolute atomic E-state index is 0.462. The number of methoxy groups -OCH3 is 1. The van der Waals surface area contributed by atoms with Gasteiger partial charge in [0.25, 0.3) is 0 Å².